The monoisotopic (exact) mass is 410 g/mol. The number of hydrogen-bond donors (Lipinski definition) is 0. The fraction of sp³-hybridized carbons (Fsp3) is 0.0909. The molecular weight excluding hydrogens is 394 g/mol. The van der Waals surface area contributed by atoms with E-state index in [1.165, 1.54) is 61.5 Å². The summed E-state index contributed by atoms with van der Waals surface area (Å²) in [5.74, 6) is -1.08. The van der Waals surface area contributed by atoms with Crippen LogP contribution in [-0.2, 0) is 9.84 Å². The molecule has 0 atom stereocenters. The third-order valence-electron chi connectivity index (χ3n) is 4.46. The fourth-order valence-electron chi connectivity index (χ4n) is 3.00. The summed E-state index contributed by atoms with van der Waals surface area (Å²) >= 11 is 0. The second kappa shape index (κ2) is 7.94. The van der Waals surface area contributed by atoms with Crippen LogP contribution in [-0.4, -0.2) is 13.4 Å². The van der Waals surface area contributed by atoms with E-state index in [-0.39, 0.29) is 26.6 Å². The van der Waals surface area contributed by atoms with E-state index in [2.05, 4.69) is 4.98 Å². The van der Waals surface area contributed by atoms with Gasteiger partial charge in [0.1, 0.15) is 17.3 Å². The zero-order valence-electron chi connectivity index (χ0n) is 15.6. The van der Waals surface area contributed by atoms with Crippen LogP contribution in [0.25, 0.3) is 17.0 Å². The lowest BCUT2D eigenvalue weighted by Gasteiger charge is -2.16. The van der Waals surface area contributed by atoms with Gasteiger partial charge in [-0.05, 0) is 61.4 Å². The molecule has 0 aliphatic heterocycles. The largest absolute Gasteiger partial charge is 0.252 e. The average molecular weight is 410 g/mol. The number of aromatic nitrogens is 1. The number of nitrogens with zero attached hydrogens (tertiary/aromatic N) is 2. The lowest BCUT2D eigenvalue weighted by Crippen LogP contribution is -2.08. The van der Waals surface area contributed by atoms with Crippen LogP contribution in [0.3, 0.4) is 0 Å². The van der Waals surface area contributed by atoms with Crippen molar-refractivity contribution in [2.75, 3.05) is 0 Å². The number of benzene rings is 2. The van der Waals surface area contributed by atoms with Crippen molar-refractivity contribution in [1.82, 2.24) is 4.98 Å². The zero-order chi connectivity index (χ0) is 21.2. The Morgan fingerprint density at radius 1 is 1.17 bits per heavy atom. The van der Waals surface area contributed by atoms with Crippen LogP contribution in [0.1, 0.15) is 23.7 Å². The number of halogens is 2. The van der Waals surface area contributed by atoms with Crippen LogP contribution < -0.4 is 0 Å². The summed E-state index contributed by atoms with van der Waals surface area (Å²) in [6, 6.07) is 12.8. The SMILES string of the molecule is C/C=C(/F)c1ncc(S(=O)(=O)c2cccc(C#N)c2)c(-c2ccc(F)cc2)c1C. The van der Waals surface area contributed by atoms with Crippen LogP contribution in [0, 0.1) is 24.1 Å². The first-order chi connectivity index (χ1) is 13.8. The molecule has 1 heterocycles. The van der Waals surface area contributed by atoms with Crippen molar-refractivity contribution in [2.24, 2.45) is 0 Å². The summed E-state index contributed by atoms with van der Waals surface area (Å²) in [5.41, 5.74) is 1.15. The van der Waals surface area contributed by atoms with Crippen molar-refractivity contribution in [1.29, 1.82) is 5.26 Å². The van der Waals surface area contributed by atoms with Crippen LogP contribution in [0.5, 0.6) is 0 Å². The smallest absolute Gasteiger partial charge is 0.208 e. The number of rotatable bonds is 4. The number of nitriles is 1. The molecule has 0 bridgehead atoms. The van der Waals surface area contributed by atoms with Gasteiger partial charge in [-0.3, -0.25) is 4.98 Å². The molecule has 0 spiro atoms. The Kier molecular flexibility index (Phi) is 5.57. The first-order valence-corrected chi connectivity index (χ1v) is 10.1. The Bertz CT molecular complexity index is 1260. The molecule has 0 aliphatic rings. The molecule has 146 valence electrons. The molecule has 0 amide bonds. The van der Waals surface area contributed by atoms with E-state index in [4.69, 9.17) is 5.26 Å². The molecule has 3 rings (SSSR count). The highest BCUT2D eigenvalue weighted by atomic mass is 32.2. The number of allylic oxidation sites excluding steroid dienone is 1. The van der Waals surface area contributed by atoms with Gasteiger partial charge in [0.2, 0.25) is 9.84 Å². The van der Waals surface area contributed by atoms with Crippen LogP contribution in [0.2, 0.25) is 0 Å². The van der Waals surface area contributed by atoms with Crippen LogP contribution in [0.15, 0.2) is 70.6 Å². The van der Waals surface area contributed by atoms with Crippen molar-refractivity contribution in [3.05, 3.63) is 83.4 Å². The van der Waals surface area contributed by atoms with Gasteiger partial charge < -0.3 is 0 Å². The predicted molar refractivity (Wildman–Crippen MR) is 106 cm³/mol. The van der Waals surface area contributed by atoms with Crippen LogP contribution >= 0.6 is 0 Å². The van der Waals surface area contributed by atoms with Crippen LogP contribution in [0.4, 0.5) is 8.78 Å². The van der Waals surface area contributed by atoms with E-state index >= 15 is 0 Å². The van der Waals surface area contributed by atoms with Gasteiger partial charge in [0.15, 0.2) is 0 Å². The zero-order valence-corrected chi connectivity index (χ0v) is 16.5. The molecule has 0 unspecified atom stereocenters. The molecule has 1 aromatic heterocycles. The van der Waals surface area contributed by atoms with Crippen molar-refractivity contribution < 1.29 is 17.2 Å². The maximum atomic E-state index is 14.3. The van der Waals surface area contributed by atoms with E-state index in [0.717, 1.165) is 6.20 Å². The summed E-state index contributed by atoms with van der Waals surface area (Å²) < 4.78 is 54.4. The fourth-order valence-corrected chi connectivity index (χ4v) is 4.53. The maximum absolute atomic E-state index is 14.3. The molecular formula is C22H16F2N2O2S. The van der Waals surface area contributed by atoms with E-state index in [1.807, 2.05) is 6.07 Å². The molecule has 0 saturated carbocycles. The van der Waals surface area contributed by atoms with Gasteiger partial charge in [0.05, 0.1) is 21.4 Å². The Morgan fingerprint density at radius 3 is 2.48 bits per heavy atom. The van der Waals surface area contributed by atoms with Gasteiger partial charge in [-0.15, -0.1) is 0 Å². The molecule has 3 aromatic rings. The summed E-state index contributed by atoms with van der Waals surface area (Å²) in [7, 11) is -4.08. The summed E-state index contributed by atoms with van der Waals surface area (Å²) in [4.78, 5) is 3.79. The van der Waals surface area contributed by atoms with E-state index in [0.29, 0.717) is 11.1 Å². The molecule has 0 aliphatic carbocycles. The lowest BCUT2D eigenvalue weighted by atomic mass is 9.99. The molecule has 4 nitrogen and oxygen atoms in total. The lowest BCUT2D eigenvalue weighted by molar-refractivity contribution is 0.595. The third kappa shape index (κ3) is 3.80. The topological polar surface area (TPSA) is 70.8 Å². The minimum atomic E-state index is -4.08. The second-order valence-electron chi connectivity index (χ2n) is 6.26. The normalized spacial score (nSPS) is 11.9. The van der Waals surface area contributed by atoms with Gasteiger partial charge in [-0.2, -0.15) is 5.26 Å². The molecule has 2 aromatic carbocycles. The summed E-state index contributed by atoms with van der Waals surface area (Å²) in [6.45, 7) is 3.07. The predicted octanol–water partition coefficient (Wildman–Crippen LogP) is 5.23. The van der Waals surface area contributed by atoms with E-state index in [1.54, 1.807) is 6.92 Å². The standard InChI is InChI=1S/C22H16F2N2O2S/c1-3-19(24)22-14(2)21(16-7-9-17(23)10-8-16)20(13-26-22)29(27,28)18-6-4-5-15(11-18)12-25/h3-11,13H,1-2H3/b19-3+. The first kappa shape index (κ1) is 20.4. The highest BCUT2D eigenvalue weighted by molar-refractivity contribution is 7.91. The third-order valence-corrected chi connectivity index (χ3v) is 6.23. The molecule has 0 N–H and O–H groups in total. The number of hydrogen-bond acceptors (Lipinski definition) is 4. The second-order valence-corrected chi connectivity index (χ2v) is 8.18. The maximum Gasteiger partial charge on any atom is 0.208 e. The minimum Gasteiger partial charge on any atom is -0.252 e. The highest BCUT2D eigenvalue weighted by Gasteiger charge is 2.26. The van der Waals surface area contributed by atoms with Crippen molar-refractivity contribution in [3.8, 4) is 17.2 Å². The van der Waals surface area contributed by atoms with Gasteiger partial charge >= 0.3 is 0 Å². The van der Waals surface area contributed by atoms with Crippen molar-refractivity contribution in [2.45, 2.75) is 23.6 Å². The Morgan fingerprint density at radius 2 is 1.86 bits per heavy atom. The molecule has 0 fully saturated rings. The van der Waals surface area contributed by atoms with Gasteiger partial charge in [0.25, 0.3) is 0 Å². The summed E-state index contributed by atoms with van der Waals surface area (Å²) in [6.07, 6.45) is 2.33. The molecule has 0 radical (unpaired) electrons. The van der Waals surface area contributed by atoms with Gasteiger partial charge in [-0.25, -0.2) is 17.2 Å². The quantitative estimate of drug-likeness (QED) is 0.590. The van der Waals surface area contributed by atoms with Gasteiger partial charge in [0, 0.05) is 11.8 Å². The minimum absolute atomic E-state index is 0.0107. The Labute approximate surface area is 167 Å². The number of sulfone groups is 1. The average Bonchev–Trinajstić information content (AvgIpc) is 2.73. The molecule has 7 heteroatoms. The van der Waals surface area contributed by atoms with E-state index < -0.39 is 21.5 Å². The molecule has 29 heavy (non-hydrogen) atoms. The van der Waals surface area contributed by atoms with Crippen molar-refractivity contribution in [3.63, 3.8) is 0 Å². The van der Waals surface area contributed by atoms with Crippen molar-refractivity contribution >= 4 is 15.7 Å². The summed E-state index contributed by atoms with van der Waals surface area (Å²) in [5, 5.41) is 9.09. The highest BCUT2D eigenvalue weighted by Crippen LogP contribution is 2.36. The van der Waals surface area contributed by atoms with E-state index in [9.17, 15) is 17.2 Å². The Balaban J connectivity index is 2.35. The Hall–Kier alpha value is -3.37. The van der Waals surface area contributed by atoms with Gasteiger partial charge in [-0.1, -0.05) is 18.2 Å². The first-order valence-electron chi connectivity index (χ1n) is 8.62. The molecule has 0 saturated heterocycles. The number of pyridine rings is 1.